The second-order valence-corrected chi connectivity index (χ2v) is 4.31. The number of allylic oxidation sites excluding steroid dienone is 1. The minimum Gasteiger partial charge on any atom is -0.468 e. The molecule has 2 aliphatic rings. The fourth-order valence-electron chi connectivity index (χ4n) is 3.22. The fraction of sp³-hybridized carbons (Fsp3) is 0.667. The molecule has 2 fully saturated rings. The first-order chi connectivity index (χ1) is 7.17. The molecule has 82 valence electrons. The van der Waals surface area contributed by atoms with Crippen molar-refractivity contribution in [3.05, 3.63) is 11.6 Å². The maximum atomic E-state index is 12.0. The molecular formula is C12H16O3. The number of Topliss-reactive ketones (excluding diaryl/α,β-unsaturated/α-hetero) is 1. The SMILES string of the molecule is C/C=C1/CC[C@@H]2CCC(=O)[C@]12C(=O)OC. The van der Waals surface area contributed by atoms with Crippen molar-refractivity contribution in [1.29, 1.82) is 0 Å². The minimum absolute atomic E-state index is 0.0601. The van der Waals surface area contributed by atoms with E-state index in [9.17, 15) is 9.59 Å². The van der Waals surface area contributed by atoms with E-state index in [1.165, 1.54) is 7.11 Å². The number of ether oxygens (including phenoxy) is 1. The van der Waals surface area contributed by atoms with E-state index in [4.69, 9.17) is 4.74 Å². The van der Waals surface area contributed by atoms with E-state index in [-0.39, 0.29) is 17.7 Å². The predicted molar refractivity (Wildman–Crippen MR) is 55.2 cm³/mol. The number of hydrogen-bond acceptors (Lipinski definition) is 3. The van der Waals surface area contributed by atoms with Crippen molar-refractivity contribution in [1.82, 2.24) is 0 Å². The van der Waals surface area contributed by atoms with Gasteiger partial charge in [-0.15, -0.1) is 0 Å². The monoisotopic (exact) mass is 208 g/mol. The summed E-state index contributed by atoms with van der Waals surface area (Å²) in [6, 6.07) is 0. The lowest BCUT2D eigenvalue weighted by atomic mass is 9.76. The second kappa shape index (κ2) is 3.47. The first-order valence-electron chi connectivity index (χ1n) is 5.45. The average Bonchev–Trinajstić information content (AvgIpc) is 2.77. The van der Waals surface area contributed by atoms with E-state index < -0.39 is 5.41 Å². The molecule has 0 amide bonds. The molecule has 2 atom stereocenters. The molecule has 0 saturated heterocycles. The van der Waals surface area contributed by atoms with Gasteiger partial charge in [0.2, 0.25) is 0 Å². The normalized spacial score (nSPS) is 37.1. The van der Waals surface area contributed by atoms with E-state index in [1.807, 2.05) is 13.0 Å². The van der Waals surface area contributed by atoms with Crippen molar-refractivity contribution in [2.45, 2.75) is 32.6 Å². The van der Waals surface area contributed by atoms with Crippen molar-refractivity contribution in [3.8, 4) is 0 Å². The second-order valence-electron chi connectivity index (χ2n) is 4.31. The summed E-state index contributed by atoms with van der Waals surface area (Å²) in [6.07, 6.45) is 5.09. The van der Waals surface area contributed by atoms with Crippen LogP contribution in [0, 0.1) is 11.3 Å². The van der Waals surface area contributed by atoms with Crippen molar-refractivity contribution in [2.24, 2.45) is 11.3 Å². The molecule has 0 aromatic rings. The van der Waals surface area contributed by atoms with Crippen LogP contribution in [-0.4, -0.2) is 18.9 Å². The highest BCUT2D eigenvalue weighted by Gasteiger charge is 2.61. The quantitative estimate of drug-likeness (QED) is 0.375. The highest BCUT2D eigenvalue weighted by Crippen LogP contribution is 2.55. The third-order valence-electron chi connectivity index (χ3n) is 3.90. The summed E-state index contributed by atoms with van der Waals surface area (Å²) in [7, 11) is 1.37. The van der Waals surface area contributed by atoms with Crippen LogP contribution in [0.1, 0.15) is 32.6 Å². The Bertz CT molecular complexity index is 343. The number of esters is 1. The largest absolute Gasteiger partial charge is 0.468 e. The summed E-state index contributed by atoms with van der Waals surface area (Å²) >= 11 is 0. The molecule has 0 spiro atoms. The Morgan fingerprint density at radius 3 is 2.73 bits per heavy atom. The lowest BCUT2D eigenvalue weighted by Crippen LogP contribution is -2.39. The number of carbonyl (C=O) groups is 2. The molecule has 0 bridgehead atoms. The Morgan fingerprint density at radius 2 is 2.13 bits per heavy atom. The molecule has 2 aliphatic carbocycles. The summed E-state index contributed by atoms with van der Waals surface area (Å²) < 4.78 is 4.84. The number of methoxy groups -OCH3 is 1. The lowest BCUT2D eigenvalue weighted by molar-refractivity contribution is -0.155. The van der Waals surface area contributed by atoms with Crippen LogP contribution in [0.25, 0.3) is 0 Å². The molecule has 3 heteroatoms. The smallest absolute Gasteiger partial charge is 0.323 e. The van der Waals surface area contributed by atoms with Gasteiger partial charge in [0.15, 0.2) is 5.78 Å². The Kier molecular flexibility index (Phi) is 2.41. The number of hydrogen-bond donors (Lipinski definition) is 0. The number of rotatable bonds is 1. The van der Waals surface area contributed by atoms with Gasteiger partial charge in [-0.05, 0) is 37.7 Å². The number of fused-ring (bicyclic) bond motifs is 1. The molecule has 0 N–H and O–H groups in total. The first-order valence-corrected chi connectivity index (χ1v) is 5.45. The Hall–Kier alpha value is -1.12. The molecule has 15 heavy (non-hydrogen) atoms. The summed E-state index contributed by atoms with van der Waals surface area (Å²) in [4.78, 5) is 23.9. The van der Waals surface area contributed by atoms with E-state index in [0.29, 0.717) is 6.42 Å². The van der Waals surface area contributed by atoms with Gasteiger partial charge in [0, 0.05) is 6.42 Å². The van der Waals surface area contributed by atoms with Crippen LogP contribution < -0.4 is 0 Å². The van der Waals surface area contributed by atoms with Crippen molar-refractivity contribution in [3.63, 3.8) is 0 Å². The van der Waals surface area contributed by atoms with Crippen LogP contribution in [0.2, 0.25) is 0 Å². The maximum absolute atomic E-state index is 12.0. The maximum Gasteiger partial charge on any atom is 0.323 e. The zero-order valence-electron chi connectivity index (χ0n) is 9.21. The average molecular weight is 208 g/mol. The summed E-state index contributed by atoms with van der Waals surface area (Å²) in [5.41, 5.74) is 0.0746. The van der Waals surface area contributed by atoms with E-state index in [0.717, 1.165) is 24.8 Å². The van der Waals surface area contributed by atoms with Gasteiger partial charge in [-0.25, -0.2) is 0 Å². The van der Waals surface area contributed by atoms with E-state index in [1.54, 1.807) is 0 Å². The van der Waals surface area contributed by atoms with Gasteiger partial charge in [0.1, 0.15) is 5.41 Å². The Labute approximate surface area is 89.5 Å². The van der Waals surface area contributed by atoms with Crippen molar-refractivity contribution < 1.29 is 14.3 Å². The third kappa shape index (κ3) is 1.12. The van der Waals surface area contributed by atoms with Crippen LogP contribution in [0.3, 0.4) is 0 Å². The molecule has 0 aromatic carbocycles. The van der Waals surface area contributed by atoms with Gasteiger partial charge in [-0.2, -0.15) is 0 Å². The summed E-state index contributed by atoms with van der Waals surface area (Å²) in [5, 5.41) is 0. The highest BCUT2D eigenvalue weighted by molar-refractivity contribution is 6.09. The van der Waals surface area contributed by atoms with Crippen LogP contribution in [0.5, 0.6) is 0 Å². The standard InChI is InChI=1S/C12H16O3/c1-3-8-4-5-9-6-7-10(13)12(8,9)11(14)15-2/h3,9H,4-7H2,1-2H3/b8-3-/t9-,12+/m1/s1. The zero-order valence-corrected chi connectivity index (χ0v) is 9.21. The molecular weight excluding hydrogens is 192 g/mol. The van der Waals surface area contributed by atoms with Gasteiger partial charge >= 0.3 is 5.97 Å². The molecule has 2 saturated carbocycles. The van der Waals surface area contributed by atoms with E-state index >= 15 is 0 Å². The van der Waals surface area contributed by atoms with Gasteiger partial charge in [-0.3, -0.25) is 9.59 Å². The van der Waals surface area contributed by atoms with Gasteiger partial charge in [0.05, 0.1) is 7.11 Å². The lowest BCUT2D eigenvalue weighted by Gasteiger charge is -2.26. The molecule has 0 aliphatic heterocycles. The molecule has 0 aromatic heterocycles. The molecule has 0 unspecified atom stereocenters. The summed E-state index contributed by atoms with van der Waals surface area (Å²) in [6.45, 7) is 1.90. The highest BCUT2D eigenvalue weighted by atomic mass is 16.5. The van der Waals surface area contributed by atoms with Crippen LogP contribution in [0.4, 0.5) is 0 Å². The third-order valence-corrected chi connectivity index (χ3v) is 3.90. The van der Waals surface area contributed by atoms with Gasteiger partial charge in [0.25, 0.3) is 0 Å². The Morgan fingerprint density at radius 1 is 1.47 bits per heavy atom. The number of carbonyl (C=O) groups excluding carboxylic acids is 2. The Balaban J connectivity index is 2.52. The first kappa shape index (κ1) is 10.4. The zero-order chi connectivity index (χ0) is 11.1. The van der Waals surface area contributed by atoms with E-state index in [2.05, 4.69) is 0 Å². The number of ketones is 1. The van der Waals surface area contributed by atoms with Gasteiger partial charge < -0.3 is 4.74 Å². The molecule has 2 rings (SSSR count). The minimum atomic E-state index is -0.899. The topological polar surface area (TPSA) is 43.4 Å². The van der Waals surface area contributed by atoms with Gasteiger partial charge in [-0.1, -0.05) is 6.08 Å². The van der Waals surface area contributed by atoms with Crippen molar-refractivity contribution in [2.75, 3.05) is 7.11 Å². The molecule has 0 radical (unpaired) electrons. The van der Waals surface area contributed by atoms with Crippen LogP contribution >= 0.6 is 0 Å². The fourth-order valence-corrected chi connectivity index (χ4v) is 3.22. The molecule has 3 nitrogen and oxygen atoms in total. The summed E-state index contributed by atoms with van der Waals surface area (Å²) in [5.74, 6) is -0.103. The predicted octanol–water partition coefficient (Wildman–Crippen LogP) is 1.86. The molecule has 0 heterocycles. The van der Waals surface area contributed by atoms with Crippen molar-refractivity contribution >= 4 is 11.8 Å². The van der Waals surface area contributed by atoms with Crippen LogP contribution in [0.15, 0.2) is 11.6 Å². The van der Waals surface area contributed by atoms with Crippen LogP contribution in [-0.2, 0) is 14.3 Å².